The molecule has 0 saturated heterocycles. The van der Waals surface area contributed by atoms with Crippen LogP contribution >= 0.6 is 7.26 Å². The fourth-order valence-electron chi connectivity index (χ4n) is 4.00. The number of hydrogen-bond acceptors (Lipinski definition) is 3. The number of alkyl halides is 9. The summed E-state index contributed by atoms with van der Waals surface area (Å²) in [5, 5.41) is 1.14. The SMILES string of the molecule is C[P+](c1ccc(C(F)(F)F)cc1)(c1ccc(C(F)(F)F)cc1)c1ccc(C(F)(F)F)cc1.Cc1ccc(S(=O)(=O)[O-])cc1. The maximum Gasteiger partial charge on any atom is 0.416 e. The van der Waals surface area contributed by atoms with Gasteiger partial charge in [-0.1, -0.05) is 17.7 Å². The topological polar surface area (TPSA) is 57.2 Å². The Bertz CT molecular complexity index is 1490. The average molecular weight is 653 g/mol. The van der Waals surface area contributed by atoms with Gasteiger partial charge in [0.05, 0.1) is 28.3 Å². The molecule has 0 unspecified atom stereocenters. The number of hydrogen-bond donors (Lipinski definition) is 0. The molecule has 4 rings (SSSR count). The molecule has 0 aromatic heterocycles. The largest absolute Gasteiger partial charge is 0.744 e. The van der Waals surface area contributed by atoms with Crippen molar-refractivity contribution in [3.63, 3.8) is 0 Å². The zero-order chi connectivity index (χ0) is 32.4. The maximum atomic E-state index is 13.0. The fourth-order valence-corrected chi connectivity index (χ4v) is 7.60. The summed E-state index contributed by atoms with van der Waals surface area (Å²) in [5.74, 6) is 0. The van der Waals surface area contributed by atoms with Crippen molar-refractivity contribution < 1.29 is 52.5 Å². The summed E-state index contributed by atoms with van der Waals surface area (Å²) in [7, 11) is -7.11. The van der Waals surface area contributed by atoms with Crippen LogP contribution in [0.5, 0.6) is 0 Å². The summed E-state index contributed by atoms with van der Waals surface area (Å²) in [5.41, 5.74) is -1.80. The maximum absolute atomic E-state index is 13.0. The highest BCUT2D eigenvalue weighted by Gasteiger charge is 2.43. The third-order valence-electron chi connectivity index (χ3n) is 6.44. The first-order valence-electron chi connectivity index (χ1n) is 12.1. The van der Waals surface area contributed by atoms with E-state index < -0.39 is 52.6 Å². The van der Waals surface area contributed by atoms with Crippen LogP contribution < -0.4 is 15.9 Å². The van der Waals surface area contributed by atoms with Crippen LogP contribution in [-0.4, -0.2) is 19.6 Å². The Labute approximate surface area is 242 Å². The number of benzene rings is 4. The molecule has 4 aromatic carbocycles. The number of halogens is 9. The molecule has 0 bridgehead atoms. The van der Waals surface area contributed by atoms with Crippen LogP contribution in [0.15, 0.2) is 102 Å². The van der Waals surface area contributed by atoms with Crippen LogP contribution in [0.25, 0.3) is 0 Å². The Balaban J connectivity index is 0.000000386. The first kappa shape index (κ1) is 34.1. The van der Waals surface area contributed by atoms with E-state index in [0.717, 1.165) is 42.0 Å². The normalized spacial score (nSPS) is 12.8. The van der Waals surface area contributed by atoms with Crippen molar-refractivity contribution >= 4 is 33.3 Å². The van der Waals surface area contributed by atoms with E-state index in [-0.39, 0.29) is 4.90 Å². The summed E-state index contributed by atoms with van der Waals surface area (Å²) in [6.07, 6.45) is -13.8. The Morgan fingerprint density at radius 1 is 0.512 bits per heavy atom. The molecule has 0 aliphatic rings. The van der Waals surface area contributed by atoms with Crippen LogP contribution in [0.2, 0.25) is 0 Å². The molecular formula is C29H22F9O3PS. The van der Waals surface area contributed by atoms with Gasteiger partial charge in [-0.15, -0.1) is 0 Å². The third-order valence-corrected chi connectivity index (χ3v) is 11.3. The molecule has 4 aromatic rings. The van der Waals surface area contributed by atoms with E-state index in [1.807, 2.05) is 6.92 Å². The summed E-state index contributed by atoms with van der Waals surface area (Å²) in [6, 6.07) is 18.2. The van der Waals surface area contributed by atoms with Gasteiger partial charge >= 0.3 is 18.5 Å². The van der Waals surface area contributed by atoms with Gasteiger partial charge in [0.15, 0.2) is 0 Å². The third kappa shape index (κ3) is 8.36. The van der Waals surface area contributed by atoms with E-state index in [2.05, 4.69) is 0 Å². The van der Waals surface area contributed by atoms with Crippen LogP contribution in [0.4, 0.5) is 39.5 Å². The van der Waals surface area contributed by atoms with E-state index in [1.54, 1.807) is 18.8 Å². The van der Waals surface area contributed by atoms with E-state index in [4.69, 9.17) is 0 Å². The van der Waals surface area contributed by atoms with Crippen LogP contribution in [0.1, 0.15) is 22.3 Å². The van der Waals surface area contributed by atoms with E-state index >= 15 is 0 Å². The molecule has 14 heteroatoms. The molecule has 3 nitrogen and oxygen atoms in total. The molecule has 0 fully saturated rings. The van der Waals surface area contributed by atoms with E-state index in [9.17, 15) is 52.5 Å². The highest BCUT2D eigenvalue weighted by atomic mass is 32.2. The monoisotopic (exact) mass is 652 g/mol. The lowest BCUT2D eigenvalue weighted by molar-refractivity contribution is -0.138. The summed E-state index contributed by atoms with van der Waals surface area (Å²) >= 11 is 0. The minimum absolute atomic E-state index is 0.178. The molecule has 0 amide bonds. The summed E-state index contributed by atoms with van der Waals surface area (Å²) in [4.78, 5) is -0.178. The number of aryl methyl sites for hydroxylation is 1. The molecule has 0 radical (unpaired) electrons. The Morgan fingerprint density at radius 3 is 0.977 bits per heavy atom. The Hall–Kier alpha value is -3.41. The standard InChI is InChI=1S/C22H15F9P.C7H8O3S/c1-32(17-8-2-14(3-9-17)20(23,24)25,18-10-4-15(5-11-18)21(26,27)28)19-12-6-16(7-13-19)22(29,30)31;1-6-2-4-7(5-3-6)11(8,9)10/h2-13H,1H3;2-5H,1H3,(H,8,9,10)/q+1;/p-1. The highest BCUT2D eigenvalue weighted by molar-refractivity contribution is 7.95. The van der Waals surface area contributed by atoms with E-state index in [1.165, 1.54) is 48.5 Å². The van der Waals surface area contributed by atoms with Crippen LogP contribution in [0, 0.1) is 6.92 Å². The number of rotatable bonds is 4. The molecule has 0 heterocycles. The lowest BCUT2D eigenvalue weighted by atomic mass is 10.2. The zero-order valence-corrected chi connectivity index (χ0v) is 23.9. The second-order valence-electron chi connectivity index (χ2n) is 9.41. The molecule has 0 saturated carbocycles. The van der Waals surface area contributed by atoms with Gasteiger partial charge in [0, 0.05) is 0 Å². The lowest BCUT2D eigenvalue weighted by Crippen LogP contribution is -2.31. The lowest BCUT2D eigenvalue weighted by Gasteiger charge is -2.24. The molecule has 0 atom stereocenters. The van der Waals surface area contributed by atoms with Gasteiger partial charge in [-0.05, 0) is 91.9 Å². The van der Waals surface area contributed by atoms with Crippen molar-refractivity contribution in [2.45, 2.75) is 30.3 Å². The van der Waals surface area contributed by atoms with Crippen molar-refractivity contribution in [2.75, 3.05) is 6.66 Å². The van der Waals surface area contributed by atoms with Crippen molar-refractivity contribution in [1.82, 2.24) is 0 Å². The predicted octanol–water partition coefficient (Wildman–Crippen LogP) is 7.57. The van der Waals surface area contributed by atoms with Gasteiger partial charge in [0.1, 0.15) is 33.3 Å². The second kappa shape index (κ2) is 12.3. The quantitative estimate of drug-likeness (QED) is 0.130. The Kier molecular flexibility index (Phi) is 9.75. The molecular weight excluding hydrogens is 630 g/mol. The molecule has 0 aliphatic carbocycles. The summed E-state index contributed by atoms with van der Waals surface area (Å²) < 4.78 is 148. The minimum Gasteiger partial charge on any atom is -0.744 e. The zero-order valence-electron chi connectivity index (χ0n) is 22.2. The molecule has 0 N–H and O–H groups in total. The van der Waals surface area contributed by atoms with Crippen molar-refractivity contribution in [1.29, 1.82) is 0 Å². The molecule has 43 heavy (non-hydrogen) atoms. The highest BCUT2D eigenvalue weighted by Crippen LogP contribution is 2.52. The van der Waals surface area contributed by atoms with Gasteiger partial charge in [-0.3, -0.25) is 0 Å². The van der Waals surface area contributed by atoms with Gasteiger partial charge in [0.25, 0.3) is 0 Å². The first-order valence-corrected chi connectivity index (χ1v) is 15.7. The van der Waals surface area contributed by atoms with Gasteiger partial charge in [-0.2, -0.15) is 39.5 Å². The molecule has 0 aliphatic heterocycles. The van der Waals surface area contributed by atoms with Gasteiger partial charge in [-0.25, -0.2) is 8.42 Å². The van der Waals surface area contributed by atoms with Crippen LogP contribution in [-0.2, 0) is 28.6 Å². The smallest absolute Gasteiger partial charge is 0.416 e. The fraction of sp³-hybridized carbons (Fsp3) is 0.172. The van der Waals surface area contributed by atoms with Gasteiger partial charge in [0.2, 0.25) is 0 Å². The van der Waals surface area contributed by atoms with Crippen molar-refractivity contribution in [3.05, 3.63) is 119 Å². The van der Waals surface area contributed by atoms with Crippen LogP contribution in [0.3, 0.4) is 0 Å². The first-order chi connectivity index (χ1) is 19.6. The predicted molar refractivity (Wildman–Crippen MR) is 145 cm³/mol. The van der Waals surface area contributed by atoms with Crippen molar-refractivity contribution in [2.24, 2.45) is 0 Å². The van der Waals surface area contributed by atoms with Crippen molar-refractivity contribution in [3.8, 4) is 0 Å². The second-order valence-corrected chi connectivity index (χ2v) is 14.3. The van der Waals surface area contributed by atoms with E-state index in [0.29, 0.717) is 15.9 Å². The Morgan fingerprint density at radius 2 is 0.767 bits per heavy atom. The summed E-state index contributed by atoms with van der Waals surface area (Å²) in [6.45, 7) is 3.46. The minimum atomic E-state index is -4.59. The molecule has 0 spiro atoms. The average Bonchev–Trinajstić information content (AvgIpc) is 2.91. The molecule has 230 valence electrons. The van der Waals surface area contributed by atoms with Gasteiger partial charge < -0.3 is 4.55 Å².